The number of rotatable bonds is 7. The highest BCUT2D eigenvalue weighted by Crippen LogP contribution is 2.14. The summed E-state index contributed by atoms with van der Waals surface area (Å²) in [5.41, 5.74) is 3.11. The minimum absolute atomic E-state index is 0.0328. The largest absolute Gasteiger partial charge is 0.348 e. The normalized spacial score (nSPS) is 14.5. The first-order valence-corrected chi connectivity index (χ1v) is 9.11. The first-order valence-electron chi connectivity index (χ1n) is 9.11. The van der Waals surface area contributed by atoms with Crippen LogP contribution in [0.4, 0.5) is 5.69 Å². The lowest BCUT2D eigenvalue weighted by atomic mass is 10.1. The van der Waals surface area contributed by atoms with Crippen LogP contribution in [0.5, 0.6) is 0 Å². The molecule has 0 aromatic heterocycles. The van der Waals surface area contributed by atoms with Crippen LogP contribution in [-0.4, -0.2) is 28.8 Å². The van der Waals surface area contributed by atoms with E-state index < -0.39 is 4.92 Å². The van der Waals surface area contributed by atoms with Gasteiger partial charge in [0.05, 0.1) is 4.92 Å². The average Bonchev–Trinajstić information content (AvgIpc) is 3.18. The van der Waals surface area contributed by atoms with Gasteiger partial charge in [0, 0.05) is 31.3 Å². The summed E-state index contributed by atoms with van der Waals surface area (Å²) in [4.78, 5) is 24.7. The van der Waals surface area contributed by atoms with Gasteiger partial charge in [0.15, 0.2) is 0 Å². The van der Waals surface area contributed by atoms with Gasteiger partial charge in [0.2, 0.25) is 5.91 Å². The van der Waals surface area contributed by atoms with Crippen molar-refractivity contribution in [3.05, 3.63) is 81.4 Å². The van der Waals surface area contributed by atoms with E-state index in [2.05, 4.69) is 22.3 Å². The van der Waals surface area contributed by atoms with E-state index in [4.69, 9.17) is 0 Å². The Morgan fingerprint density at radius 3 is 2.52 bits per heavy atom. The Bertz CT molecular complexity index is 825. The van der Waals surface area contributed by atoms with E-state index in [0.29, 0.717) is 6.54 Å². The molecular weight excluding hydrogens is 342 g/mol. The number of nitro benzene ring substituents is 1. The van der Waals surface area contributed by atoms with Gasteiger partial charge in [0.25, 0.3) is 5.69 Å². The monoisotopic (exact) mass is 365 g/mol. The van der Waals surface area contributed by atoms with Crippen molar-refractivity contribution in [1.82, 2.24) is 10.2 Å². The van der Waals surface area contributed by atoms with Gasteiger partial charge in [-0.05, 0) is 60.8 Å². The van der Waals surface area contributed by atoms with Gasteiger partial charge in [-0.1, -0.05) is 24.3 Å². The number of amides is 1. The second-order valence-corrected chi connectivity index (χ2v) is 6.70. The molecule has 0 spiro atoms. The van der Waals surface area contributed by atoms with Gasteiger partial charge < -0.3 is 5.32 Å². The standard InChI is InChI=1S/C21H23N3O3/c25-21(11-8-17-6-9-20(10-7-17)24(26)27)22-15-18-4-3-5-19(14-18)16-23-12-1-2-13-23/h3-11,14H,1-2,12-13,15-16H2,(H,22,25)/b11-8+. The molecule has 3 rings (SSSR count). The lowest BCUT2D eigenvalue weighted by Crippen LogP contribution is -2.21. The number of nitrogens with zero attached hydrogens (tertiary/aromatic N) is 2. The number of benzene rings is 2. The Morgan fingerprint density at radius 1 is 1.11 bits per heavy atom. The third kappa shape index (κ3) is 5.76. The van der Waals surface area contributed by atoms with E-state index in [-0.39, 0.29) is 11.6 Å². The summed E-state index contributed by atoms with van der Waals surface area (Å²) in [5.74, 6) is -0.196. The zero-order chi connectivity index (χ0) is 19.1. The minimum atomic E-state index is -0.446. The lowest BCUT2D eigenvalue weighted by Gasteiger charge is -2.15. The van der Waals surface area contributed by atoms with Crippen molar-refractivity contribution in [1.29, 1.82) is 0 Å². The second kappa shape index (κ2) is 9.09. The SMILES string of the molecule is O=C(/C=C/c1ccc([N+](=O)[O-])cc1)NCc1cccc(CN2CCCC2)c1. The molecule has 0 atom stereocenters. The van der Waals surface area contributed by atoms with Crippen LogP contribution >= 0.6 is 0 Å². The van der Waals surface area contributed by atoms with Crippen LogP contribution in [0, 0.1) is 10.1 Å². The quantitative estimate of drug-likeness (QED) is 0.463. The van der Waals surface area contributed by atoms with Crippen molar-refractivity contribution in [3.8, 4) is 0 Å². The summed E-state index contributed by atoms with van der Waals surface area (Å²) in [6.07, 6.45) is 5.63. The Balaban J connectivity index is 1.50. The molecule has 140 valence electrons. The van der Waals surface area contributed by atoms with Crippen LogP contribution in [0.1, 0.15) is 29.5 Å². The molecule has 1 aliphatic heterocycles. The zero-order valence-corrected chi connectivity index (χ0v) is 15.1. The molecule has 0 unspecified atom stereocenters. The Morgan fingerprint density at radius 2 is 1.81 bits per heavy atom. The molecule has 0 aliphatic carbocycles. The maximum Gasteiger partial charge on any atom is 0.269 e. The summed E-state index contributed by atoms with van der Waals surface area (Å²) in [5, 5.41) is 13.5. The van der Waals surface area contributed by atoms with E-state index in [1.54, 1.807) is 18.2 Å². The second-order valence-electron chi connectivity index (χ2n) is 6.70. The maximum absolute atomic E-state index is 12.0. The molecule has 0 bridgehead atoms. The predicted molar refractivity (Wildman–Crippen MR) is 105 cm³/mol. The summed E-state index contributed by atoms with van der Waals surface area (Å²) in [6.45, 7) is 3.75. The van der Waals surface area contributed by atoms with Crippen molar-refractivity contribution in [3.63, 3.8) is 0 Å². The van der Waals surface area contributed by atoms with Crippen LogP contribution in [0.25, 0.3) is 6.08 Å². The molecule has 6 nitrogen and oxygen atoms in total. The zero-order valence-electron chi connectivity index (χ0n) is 15.1. The van der Waals surface area contributed by atoms with Gasteiger partial charge in [0.1, 0.15) is 0 Å². The van der Waals surface area contributed by atoms with E-state index in [1.807, 2.05) is 12.1 Å². The summed E-state index contributed by atoms with van der Waals surface area (Å²) < 4.78 is 0. The van der Waals surface area contributed by atoms with Crippen LogP contribution in [-0.2, 0) is 17.9 Å². The van der Waals surface area contributed by atoms with Crippen molar-refractivity contribution in [2.45, 2.75) is 25.9 Å². The number of hydrogen-bond donors (Lipinski definition) is 1. The average molecular weight is 365 g/mol. The lowest BCUT2D eigenvalue weighted by molar-refractivity contribution is -0.384. The van der Waals surface area contributed by atoms with Gasteiger partial charge in [-0.15, -0.1) is 0 Å². The first kappa shape index (κ1) is 18.8. The molecule has 6 heteroatoms. The Labute approximate surface area is 158 Å². The summed E-state index contributed by atoms with van der Waals surface area (Å²) in [6, 6.07) is 14.4. The predicted octanol–water partition coefficient (Wildman–Crippen LogP) is 3.52. The number of non-ortho nitro benzene ring substituents is 1. The number of carbonyl (C=O) groups is 1. The van der Waals surface area contributed by atoms with Crippen LogP contribution < -0.4 is 5.32 Å². The summed E-state index contributed by atoms with van der Waals surface area (Å²) >= 11 is 0. The molecule has 1 aliphatic rings. The number of nitro groups is 1. The van der Waals surface area contributed by atoms with Crippen molar-refractivity contribution in [2.75, 3.05) is 13.1 Å². The van der Waals surface area contributed by atoms with E-state index >= 15 is 0 Å². The minimum Gasteiger partial charge on any atom is -0.348 e. The number of likely N-dealkylation sites (tertiary alicyclic amines) is 1. The molecule has 0 saturated carbocycles. The molecule has 1 saturated heterocycles. The smallest absolute Gasteiger partial charge is 0.269 e. The van der Waals surface area contributed by atoms with Gasteiger partial charge in [-0.2, -0.15) is 0 Å². The first-order chi connectivity index (χ1) is 13.1. The van der Waals surface area contributed by atoms with Crippen LogP contribution in [0.3, 0.4) is 0 Å². The van der Waals surface area contributed by atoms with Crippen LogP contribution in [0.15, 0.2) is 54.6 Å². The molecule has 27 heavy (non-hydrogen) atoms. The number of nitrogens with one attached hydrogen (secondary N) is 1. The molecule has 1 N–H and O–H groups in total. The highest BCUT2D eigenvalue weighted by atomic mass is 16.6. The van der Waals surface area contributed by atoms with Gasteiger partial charge in [-0.25, -0.2) is 0 Å². The number of carbonyl (C=O) groups excluding carboxylic acids is 1. The molecule has 2 aromatic rings. The Hall–Kier alpha value is -2.99. The molecule has 2 aromatic carbocycles. The fraction of sp³-hybridized carbons (Fsp3) is 0.286. The van der Waals surface area contributed by atoms with Crippen molar-refractivity contribution in [2.24, 2.45) is 0 Å². The summed E-state index contributed by atoms with van der Waals surface area (Å²) in [7, 11) is 0. The van der Waals surface area contributed by atoms with Crippen molar-refractivity contribution < 1.29 is 9.72 Å². The third-order valence-electron chi connectivity index (χ3n) is 4.59. The Kier molecular flexibility index (Phi) is 6.33. The third-order valence-corrected chi connectivity index (χ3v) is 4.59. The fourth-order valence-electron chi connectivity index (χ4n) is 3.16. The molecule has 1 fully saturated rings. The molecule has 1 heterocycles. The topological polar surface area (TPSA) is 75.5 Å². The highest BCUT2D eigenvalue weighted by Gasteiger charge is 2.11. The van der Waals surface area contributed by atoms with E-state index in [1.165, 1.54) is 36.6 Å². The van der Waals surface area contributed by atoms with Gasteiger partial charge >= 0.3 is 0 Å². The van der Waals surface area contributed by atoms with Crippen molar-refractivity contribution >= 4 is 17.7 Å². The number of hydrogen-bond acceptors (Lipinski definition) is 4. The van der Waals surface area contributed by atoms with Crippen LogP contribution in [0.2, 0.25) is 0 Å². The molecular formula is C21H23N3O3. The highest BCUT2D eigenvalue weighted by molar-refractivity contribution is 5.91. The van der Waals surface area contributed by atoms with Gasteiger partial charge in [-0.3, -0.25) is 19.8 Å². The molecule has 0 radical (unpaired) electrons. The molecule has 1 amide bonds. The fourth-order valence-corrected chi connectivity index (χ4v) is 3.16. The maximum atomic E-state index is 12.0. The van der Waals surface area contributed by atoms with E-state index in [9.17, 15) is 14.9 Å². The van der Waals surface area contributed by atoms with E-state index in [0.717, 1.165) is 30.8 Å².